The van der Waals surface area contributed by atoms with Gasteiger partial charge in [-0.05, 0) is 46.3 Å². The van der Waals surface area contributed by atoms with Crippen molar-refractivity contribution < 1.29 is 17.2 Å². The van der Waals surface area contributed by atoms with E-state index in [1.54, 1.807) is 12.1 Å². The van der Waals surface area contributed by atoms with Crippen LogP contribution in [0.1, 0.15) is 0 Å². The van der Waals surface area contributed by atoms with Gasteiger partial charge in [-0.15, -0.1) is 0 Å². The summed E-state index contributed by atoms with van der Waals surface area (Å²) in [7, 11) is -4.23. The molecule has 0 radical (unpaired) electrons. The van der Waals surface area contributed by atoms with Crippen LogP contribution in [0, 0.1) is 11.6 Å². The van der Waals surface area contributed by atoms with Gasteiger partial charge in [0.1, 0.15) is 27.0 Å². The molecular formula is C11H7BrF2N2O2S. The summed E-state index contributed by atoms with van der Waals surface area (Å²) < 4.78 is 52.7. The summed E-state index contributed by atoms with van der Waals surface area (Å²) in [5.41, 5.74) is 0. The summed E-state index contributed by atoms with van der Waals surface area (Å²) in [5, 5.41) is 0. The lowest BCUT2D eigenvalue weighted by Gasteiger charge is -2.08. The molecule has 0 bridgehead atoms. The Bertz CT molecular complexity index is 722. The molecule has 0 atom stereocenters. The maximum Gasteiger partial charge on any atom is 0.266 e. The first-order valence-electron chi connectivity index (χ1n) is 4.99. The summed E-state index contributed by atoms with van der Waals surface area (Å²) >= 11 is 3.07. The van der Waals surface area contributed by atoms with Gasteiger partial charge in [0.25, 0.3) is 10.0 Å². The molecule has 1 heterocycles. The smallest absolute Gasteiger partial charge is 0.263 e. The van der Waals surface area contributed by atoms with Crippen molar-refractivity contribution in [2.75, 3.05) is 4.72 Å². The molecule has 0 aliphatic carbocycles. The molecule has 0 saturated heterocycles. The molecule has 0 aliphatic heterocycles. The zero-order valence-corrected chi connectivity index (χ0v) is 11.7. The molecule has 8 heteroatoms. The van der Waals surface area contributed by atoms with Crippen LogP contribution in [-0.4, -0.2) is 13.4 Å². The Morgan fingerprint density at radius 2 is 1.89 bits per heavy atom. The standard InChI is InChI=1S/C11H7BrF2N2O2S/c12-10-2-1-3-11(15-10)16-19(17,18)9-6-7(13)4-5-8(9)14/h1-6H,(H,15,16). The van der Waals surface area contributed by atoms with Crippen molar-refractivity contribution in [2.24, 2.45) is 0 Å². The van der Waals surface area contributed by atoms with E-state index in [1.807, 2.05) is 0 Å². The van der Waals surface area contributed by atoms with Crippen LogP contribution in [0.5, 0.6) is 0 Å². The van der Waals surface area contributed by atoms with E-state index in [0.29, 0.717) is 10.7 Å². The van der Waals surface area contributed by atoms with E-state index in [0.717, 1.165) is 12.1 Å². The largest absolute Gasteiger partial charge is 0.266 e. The van der Waals surface area contributed by atoms with Crippen LogP contribution in [0.3, 0.4) is 0 Å². The summed E-state index contributed by atoms with van der Waals surface area (Å²) in [4.78, 5) is 3.08. The number of anilines is 1. The molecule has 1 N–H and O–H groups in total. The zero-order valence-electron chi connectivity index (χ0n) is 9.27. The highest BCUT2D eigenvalue weighted by molar-refractivity contribution is 9.10. The maximum absolute atomic E-state index is 13.4. The van der Waals surface area contributed by atoms with Crippen LogP contribution in [-0.2, 0) is 10.0 Å². The van der Waals surface area contributed by atoms with E-state index in [1.165, 1.54) is 6.07 Å². The van der Waals surface area contributed by atoms with Gasteiger partial charge >= 0.3 is 0 Å². The molecule has 2 rings (SSSR count). The number of pyridine rings is 1. The van der Waals surface area contributed by atoms with Crippen molar-refractivity contribution in [1.29, 1.82) is 0 Å². The number of benzene rings is 1. The molecule has 0 aliphatic rings. The lowest BCUT2D eigenvalue weighted by atomic mass is 10.3. The average Bonchev–Trinajstić information content (AvgIpc) is 2.31. The third kappa shape index (κ3) is 3.27. The zero-order chi connectivity index (χ0) is 14.0. The lowest BCUT2D eigenvalue weighted by Crippen LogP contribution is -2.15. The quantitative estimate of drug-likeness (QED) is 0.867. The molecule has 1 aromatic carbocycles. The summed E-state index contributed by atoms with van der Waals surface area (Å²) in [5.74, 6) is -1.88. The Morgan fingerprint density at radius 3 is 2.58 bits per heavy atom. The average molecular weight is 349 g/mol. The van der Waals surface area contributed by atoms with Gasteiger partial charge < -0.3 is 0 Å². The van der Waals surface area contributed by atoms with E-state index >= 15 is 0 Å². The van der Waals surface area contributed by atoms with Crippen molar-refractivity contribution in [1.82, 2.24) is 4.98 Å². The van der Waals surface area contributed by atoms with Gasteiger partial charge in [-0.25, -0.2) is 22.2 Å². The molecule has 2 aromatic rings. The minimum absolute atomic E-state index is 0.00182. The lowest BCUT2D eigenvalue weighted by molar-refractivity contribution is 0.555. The molecular weight excluding hydrogens is 342 g/mol. The molecule has 1 aromatic heterocycles. The monoisotopic (exact) mass is 348 g/mol. The Hall–Kier alpha value is -1.54. The van der Waals surface area contributed by atoms with Crippen LogP contribution in [0.4, 0.5) is 14.6 Å². The van der Waals surface area contributed by atoms with Crippen LogP contribution in [0.2, 0.25) is 0 Å². The van der Waals surface area contributed by atoms with Crippen LogP contribution >= 0.6 is 15.9 Å². The molecule has 100 valence electrons. The molecule has 0 spiro atoms. The molecule has 0 saturated carbocycles. The Balaban J connectivity index is 2.40. The molecule has 0 fully saturated rings. The van der Waals surface area contributed by atoms with Gasteiger partial charge in [0.2, 0.25) is 0 Å². The Labute approximate surface area is 116 Å². The normalized spacial score (nSPS) is 11.3. The number of aromatic nitrogens is 1. The van der Waals surface area contributed by atoms with Crippen molar-refractivity contribution in [2.45, 2.75) is 4.90 Å². The predicted molar refractivity (Wildman–Crippen MR) is 69.1 cm³/mol. The third-order valence-corrected chi connectivity index (χ3v) is 3.95. The fourth-order valence-corrected chi connectivity index (χ4v) is 2.78. The van der Waals surface area contributed by atoms with Crippen molar-refractivity contribution >= 4 is 31.8 Å². The summed E-state index contributed by atoms with van der Waals surface area (Å²) in [6, 6.07) is 6.73. The summed E-state index contributed by atoms with van der Waals surface area (Å²) in [6.45, 7) is 0. The van der Waals surface area contributed by atoms with Crippen molar-refractivity contribution in [3.8, 4) is 0 Å². The number of hydrogen-bond acceptors (Lipinski definition) is 3. The van der Waals surface area contributed by atoms with Crippen LogP contribution in [0.15, 0.2) is 45.9 Å². The molecule has 0 amide bonds. The fraction of sp³-hybridized carbons (Fsp3) is 0. The van der Waals surface area contributed by atoms with Gasteiger partial charge in [-0.1, -0.05) is 6.07 Å². The van der Waals surface area contributed by atoms with Gasteiger partial charge in [0.15, 0.2) is 0 Å². The minimum Gasteiger partial charge on any atom is -0.263 e. The first-order valence-corrected chi connectivity index (χ1v) is 7.26. The summed E-state index contributed by atoms with van der Waals surface area (Å²) in [6.07, 6.45) is 0. The number of hydrogen-bond donors (Lipinski definition) is 1. The second-order valence-corrected chi connectivity index (χ2v) is 5.99. The number of nitrogens with one attached hydrogen (secondary N) is 1. The third-order valence-electron chi connectivity index (χ3n) is 2.14. The first kappa shape index (κ1) is 13.9. The second kappa shape index (κ2) is 5.22. The van der Waals surface area contributed by atoms with Crippen LogP contribution < -0.4 is 4.72 Å². The molecule has 19 heavy (non-hydrogen) atoms. The number of sulfonamides is 1. The van der Waals surface area contributed by atoms with E-state index in [-0.39, 0.29) is 5.82 Å². The highest BCUT2D eigenvalue weighted by Crippen LogP contribution is 2.19. The minimum atomic E-state index is -4.23. The SMILES string of the molecule is O=S(=O)(Nc1cccc(Br)n1)c1cc(F)ccc1F. The molecule has 4 nitrogen and oxygen atoms in total. The highest BCUT2D eigenvalue weighted by atomic mass is 79.9. The highest BCUT2D eigenvalue weighted by Gasteiger charge is 2.20. The number of nitrogens with zero attached hydrogens (tertiary/aromatic N) is 1. The maximum atomic E-state index is 13.4. The van der Waals surface area contributed by atoms with E-state index < -0.39 is 26.6 Å². The number of halogens is 3. The molecule has 0 unspecified atom stereocenters. The van der Waals surface area contributed by atoms with Gasteiger partial charge in [0.05, 0.1) is 0 Å². The van der Waals surface area contributed by atoms with E-state index in [9.17, 15) is 17.2 Å². The fourth-order valence-electron chi connectivity index (χ4n) is 1.34. The van der Waals surface area contributed by atoms with Gasteiger partial charge in [-0.2, -0.15) is 0 Å². The first-order chi connectivity index (χ1) is 8.88. The van der Waals surface area contributed by atoms with E-state index in [2.05, 4.69) is 25.6 Å². The van der Waals surface area contributed by atoms with Gasteiger partial charge in [0, 0.05) is 0 Å². The Kier molecular flexibility index (Phi) is 3.81. The Morgan fingerprint density at radius 1 is 1.16 bits per heavy atom. The topological polar surface area (TPSA) is 59.1 Å². The van der Waals surface area contributed by atoms with Crippen molar-refractivity contribution in [3.05, 3.63) is 52.6 Å². The van der Waals surface area contributed by atoms with Crippen LogP contribution in [0.25, 0.3) is 0 Å². The van der Waals surface area contributed by atoms with E-state index in [4.69, 9.17) is 0 Å². The predicted octanol–water partition coefficient (Wildman–Crippen LogP) is 2.92. The van der Waals surface area contributed by atoms with Crippen molar-refractivity contribution in [3.63, 3.8) is 0 Å². The van der Waals surface area contributed by atoms with Gasteiger partial charge in [-0.3, -0.25) is 4.72 Å². The second-order valence-electron chi connectivity index (χ2n) is 3.53. The number of rotatable bonds is 3.